The molecule has 1 aliphatic carbocycles. The molecule has 136 valence electrons. The SMILES string of the molecule is CCn1nc(C)c(NC(=O)CN2C[C@@]3(C(=O)O)C[C@@]3(C(=O)O)C2)c1C. The zero-order chi connectivity index (χ0) is 18.6. The van der Waals surface area contributed by atoms with Gasteiger partial charge in [-0.15, -0.1) is 0 Å². The molecule has 3 N–H and O–H groups in total. The molecular weight excluding hydrogens is 328 g/mol. The fraction of sp³-hybridized carbons (Fsp3) is 0.625. The van der Waals surface area contributed by atoms with Crippen molar-refractivity contribution in [2.75, 3.05) is 25.0 Å². The van der Waals surface area contributed by atoms with E-state index in [1.807, 2.05) is 13.8 Å². The fourth-order valence-electron chi connectivity index (χ4n) is 4.08. The highest BCUT2D eigenvalue weighted by Gasteiger charge is 2.80. The van der Waals surface area contributed by atoms with E-state index in [-0.39, 0.29) is 32.0 Å². The number of rotatable bonds is 6. The van der Waals surface area contributed by atoms with Gasteiger partial charge < -0.3 is 15.5 Å². The molecule has 1 saturated carbocycles. The molecule has 2 fully saturated rings. The second kappa shape index (κ2) is 5.55. The highest BCUT2D eigenvalue weighted by Crippen LogP contribution is 2.68. The number of anilines is 1. The van der Waals surface area contributed by atoms with Gasteiger partial charge in [-0.1, -0.05) is 0 Å². The van der Waals surface area contributed by atoms with Gasteiger partial charge in [0.05, 0.1) is 34.4 Å². The van der Waals surface area contributed by atoms with Gasteiger partial charge in [-0.25, -0.2) is 0 Å². The first kappa shape index (κ1) is 17.4. The summed E-state index contributed by atoms with van der Waals surface area (Å²) in [7, 11) is 0. The maximum absolute atomic E-state index is 12.4. The number of nitrogens with zero attached hydrogens (tertiary/aromatic N) is 3. The summed E-state index contributed by atoms with van der Waals surface area (Å²) in [6.07, 6.45) is 0.129. The smallest absolute Gasteiger partial charge is 0.312 e. The number of fused-ring (bicyclic) bond motifs is 1. The van der Waals surface area contributed by atoms with Gasteiger partial charge in [-0.2, -0.15) is 5.10 Å². The van der Waals surface area contributed by atoms with Crippen LogP contribution in [0.25, 0.3) is 0 Å². The van der Waals surface area contributed by atoms with Gasteiger partial charge in [0, 0.05) is 19.6 Å². The number of piperidine rings is 1. The van der Waals surface area contributed by atoms with E-state index >= 15 is 0 Å². The molecule has 2 heterocycles. The Morgan fingerprint density at radius 3 is 2.16 bits per heavy atom. The molecule has 0 aromatic carbocycles. The molecule has 0 bridgehead atoms. The Kier molecular flexibility index (Phi) is 3.86. The van der Waals surface area contributed by atoms with Crippen molar-refractivity contribution in [2.24, 2.45) is 10.8 Å². The lowest BCUT2D eigenvalue weighted by Gasteiger charge is -2.19. The zero-order valence-electron chi connectivity index (χ0n) is 14.5. The summed E-state index contributed by atoms with van der Waals surface area (Å²) in [6.45, 7) is 6.43. The van der Waals surface area contributed by atoms with E-state index in [0.717, 1.165) is 5.69 Å². The first-order chi connectivity index (χ1) is 11.7. The normalized spacial score (nSPS) is 27.8. The van der Waals surface area contributed by atoms with Gasteiger partial charge in [0.1, 0.15) is 0 Å². The zero-order valence-corrected chi connectivity index (χ0v) is 14.5. The number of carbonyl (C=O) groups is 3. The summed E-state index contributed by atoms with van der Waals surface area (Å²) in [5.74, 6) is -2.51. The molecule has 25 heavy (non-hydrogen) atoms. The predicted molar refractivity (Wildman–Crippen MR) is 87.2 cm³/mol. The minimum absolute atomic E-state index is 0.0414. The first-order valence-electron chi connectivity index (χ1n) is 8.20. The second-order valence-corrected chi connectivity index (χ2v) is 7.01. The third-order valence-electron chi connectivity index (χ3n) is 5.51. The number of amides is 1. The molecule has 1 aliphatic heterocycles. The number of carboxylic acid groups (broad SMARTS) is 2. The summed E-state index contributed by atoms with van der Waals surface area (Å²) in [5.41, 5.74) is -0.324. The van der Waals surface area contributed by atoms with Crippen LogP contribution in [0.3, 0.4) is 0 Å². The van der Waals surface area contributed by atoms with Gasteiger partial charge in [-0.3, -0.25) is 24.0 Å². The van der Waals surface area contributed by atoms with Crippen molar-refractivity contribution < 1.29 is 24.6 Å². The molecule has 3 rings (SSSR count). The van der Waals surface area contributed by atoms with Crippen LogP contribution in [0.1, 0.15) is 24.7 Å². The van der Waals surface area contributed by atoms with Gasteiger partial charge in [-0.05, 0) is 27.2 Å². The summed E-state index contributed by atoms with van der Waals surface area (Å²) < 4.78 is 1.79. The second-order valence-electron chi connectivity index (χ2n) is 7.01. The third kappa shape index (κ3) is 2.41. The summed E-state index contributed by atoms with van der Waals surface area (Å²) in [6, 6.07) is 0. The van der Waals surface area contributed by atoms with Crippen molar-refractivity contribution in [3.8, 4) is 0 Å². The number of aryl methyl sites for hydroxylation is 2. The quantitative estimate of drug-likeness (QED) is 0.675. The Labute approximate surface area is 144 Å². The fourth-order valence-corrected chi connectivity index (χ4v) is 4.08. The van der Waals surface area contributed by atoms with Gasteiger partial charge >= 0.3 is 11.9 Å². The van der Waals surface area contributed by atoms with Crippen molar-refractivity contribution in [3.05, 3.63) is 11.4 Å². The Morgan fingerprint density at radius 2 is 1.72 bits per heavy atom. The van der Waals surface area contributed by atoms with E-state index in [1.165, 1.54) is 0 Å². The number of nitrogens with one attached hydrogen (secondary N) is 1. The first-order valence-corrected chi connectivity index (χ1v) is 8.20. The number of likely N-dealkylation sites (tertiary alicyclic amines) is 1. The van der Waals surface area contributed by atoms with Crippen molar-refractivity contribution in [1.29, 1.82) is 0 Å². The average Bonchev–Trinajstić information content (AvgIpc) is 2.96. The maximum Gasteiger partial charge on any atom is 0.312 e. The lowest BCUT2D eigenvalue weighted by atomic mass is 9.97. The predicted octanol–water partition coefficient (Wildman–Crippen LogP) is 0.320. The monoisotopic (exact) mass is 350 g/mol. The van der Waals surface area contributed by atoms with Gasteiger partial charge in [0.2, 0.25) is 5.91 Å². The van der Waals surface area contributed by atoms with Crippen LogP contribution in [0, 0.1) is 24.7 Å². The molecule has 1 amide bonds. The molecule has 2 atom stereocenters. The largest absolute Gasteiger partial charge is 0.481 e. The van der Waals surface area contributed by atoms with Gasteiger partial charge in [0.25, 0.3) is 0 Å². The Balaban J connectivity index is 1.69. The van der Waals surface area contributed by atoms with Crippen LogP contribution >= 0.6 is 0 Å². The average molecular weight is 350 g/mol. The number of aromatic nitrogens is 2. The minimum Gasteiger partial charge on any atom is -0.481 e. The molecule has 0 radical (unpaired) electrons. The Bertz CT molecular complexity index is 745. The summed E-state index contributed by atoms with van der Waals surface area (Å²) >= 11 is 0. The molecule has 2 aliphatic rings. The number of carbonyl (C=O) groups excluding carboxylic acids is 1. The van der Waals surface area contributed by atoms with Crippen molar-refractivity contribution in [1.82, 2.24) is 14.7 Å². The lowest BCUT2D eigenvalue weighted by molar-refractivity contribution is -0.151. The summed E-state index contributed by atoms with van der Waals surface area (Å²) in [5, 5.41) is 26.0. The van der Waals surface area contributed by atoms with E-state index in [4.69, 9.17) is 0 Å². The lowest BCUT2D eigenvalue weighted by Crippen LogP contribution is -2.36. The van der Waals surface area contributed by atoms with Crippen molar-refractivity contribution in [3.63, 3.8) is 0 Å². The number of aliphatic carboxylic acids is 2. The third-order valence-corrected chi connectivity index (χ3v) is 5.51. The molecule has 1 saturated heterocycles. The van der Waals surface area contributed by atoms with E-state index in [1.54, 1.807) is 16.5 Å². The molecule has 0 unspecified atom stereocenters. The summed E-state index contributed by atoms with van der Waals surface area (Å²) in [4.78, 5) is 37.0. The van der Waals surface area contributed by atoms with Crippen LogP contribution < -0.4 is 5.32 Å². The van der Waals surface area contributed by atoms with Crippen LogP contribution in [-0.4, -0.2) is 62.4 Å². The standard InChI is InChI=1S/C16H22N4O5/c1-4-20-10(3)12(9(2)18-20)17-11(21)5-19-7-15(13(22)23)6-16(15,8-19)14(24)25/h4-8H2,1-3H3,(H,17,21)(H,22,23)(H,24,25)/t15-,16+. The molecule has 1 aromatic rings. The van der Waals surface area contributed by atoms with E-state index in [2.05, 4.69) is 10.4 Å². The highest BCUT2D eigenvalue weighted by molar-refractivity contribution is 5.96. The molecule has 0 spiro atoms. The molecule has 9 nitrogen and oxygen atoms in total. The maximum atomic E-state index is 12.4. The topological polar surface area (TPSA) is 125 Å². The Morgan fingerprint density at radius 1 is 1.16 bits per heavy atom. The van der Waals surface area contributed by atoms with Crippen molar-refractivity contribution in [2.45, 2.75) is 33.7 Å². The van der Waals surface area contributed by atoms with Crippen LogP contribution in [-0.2, 0) is 20.9 Å². The minimum atomic E-state index is -1.27. The van der Waals surface area contributed by atoms with Crippen LogP contribution in [0.5, 0.6) is 0 Å². The van der Waals surface area contributed by atoms with Crippen LogP contribution in [0.15, 0.2) is 0 Å². The van der Waals surface area contributed by atoms with Crippen LogP contribution in [0.4, 0.5) is 5.69 Å². The highest BCUT2D eigenvalue weighted by atomic mass is 16.4. The number of hydrogen-bond acceptors (Lipinski definition) is 5. The van der Waals surface area contributed by atoms with Gasteiger partial charge in [0.15, 0.2) is 0 Å². The van der Waals surface area contributed by atoms with Crippen molar-refractivity contribution >= 4 is 23.5 Å². The molecule has 1 aromatic heterocycles. The number of carboxylic acids is 2. The molecule has 9 heteroatoms. The van der Waals surface area contributed by atoms with Crippen LogP contribution in [0.2, 0.25) is 0 Å². The number of hydrogen-bond donors (Lipinski definition) is 3. The Hall–Kier alpha value is -2.42. The van der Waals surface area contributed by atoms with E-state index in [0.29, 0.717) is 17.9 Å². The van der Waals surface area contributed by atoms with E-state index in [9.17, 15) is 24.6 Å². The van der Waals surface area contributed by atoms with E-state index < -0.39 is 22.8 Å². The molecular formula is C16H22N4O5.